The van der Waals surface area contributed by atoms with Crippen LogP contribution >= 0.6 is 7.75 Å². The fourth-order valence-corrected chi connectivity index (χ4v) is 3.94. The quantitative estimate of drug-likeness (QED) is 0.155. The summed E-state index contributed by atoms with van der Waals surface area (Å²) in [6, 6.07) is 5.22. The first-order chi connectivity index (χ1) is 16.3. The Hall–Kier alpha value is -3.18. The van der Waals surface area contributed by atoms with Crippen molar-refractivity contribution < 1.29 is 54.6 Å². The molecule has 0 heterocycles. The maximum absolute atomic E-state index is 14.1. The molecule has 1 N–H and O–H groups in total. The van der Waals surface area contributed by atoms with Crippen molar-refractivity contribution in [3.8, 4) is 11.5 Å². The highest BCUT2D eigenvalue weighted by atomic mass is 31.2. The molecule has 0 saturated heterocycles. The summed E-state index contributed by atoms with van der Waals surface area (Å²) in [4.78, 5) is 24.2. The minimum absolute atomic E-state index is 0.207. The van der Waals surface area contributed by atoms with Gasteiger partial charge in [-0.3, -0.25) is 4.79 Å². The molecule has 0 spiro atoms. The van der Waals surface area contributed by atoms with Crippen LogP contribution in [0.5, 0.6) is 11.5 Å². The van der Waals surface area contributed by atoms with Gasteiger partial charge in [-0.1, -0.05) is 18.2 Å². The third-order valence-electron chi connectivity index (χ3n) is 4.03. The van der Waals surface area contributed by atoms with E-state index in [1.54, 1.807) is 13.8 Å². The van der Waals surface area contributed by atoms with E-state index >= 15 is 0 Å². The van der Waals surface area contributed by atoms with Crippen molar-refractivity contribution in [3.63, 3.8) is 0 Å². The summed E-state index contributed by atoms with van der Waals surface area (Å²) in [7, 11) is -5.07. The van der Waals surface area contributed by atoms with Gasteiger partial charge in [-0.25, -0.2) is 22.5 Å². The first kappa shape index (κ1) is 28.1. The van der Waals surface area contributed by atoms with Gasteiger partial charge in [0.05, 0.1) is 6.10 Å². The highest BCUT2D eigenvalue weighted by Gasteiger charge is 2.39. The van der Waals surface area contributed by atoms with E-state index in [9.17, 15) is 36.1 Å². The molecule has 35 heavy (non-hydrogen) atoms. The number of para-hydroxylation sites is 1. The minimum atomic E-state index is -5.07. The van der Waals surface area contributed by atoms with Crippen LogP contribution in [-0.2, 0) is 23.6 Å². The summed E-state index contributed by atoms with van der Waals surface area (Å²) in [6.45, 7) is 5.38. The van der Waals surface area contributed by atoms with E-state index in [0.717, 1.165) is 6.92 Å². The van der Waals surface area contributed by atoms with Crippen LogP contribution in [0.4, 0.5) is 22.0 Å². The van der Waals surface area contributed by atoms with Gasteiger partial charge in [-0.15, -0.1) is 0 Å². The number of ether oxygens (including phenoxy) is 2. The number of carbonyl (C=O) groups is 2. The summed E-state index contributed by atoms with van der Waals surface area (Å²) in [5.41, 5.74) is 0. The summed E-state index contributed by atoms with van der Waals surface area (Å²) < 4.78 is 102. The van der Waals surface area contributed by atoms with E-state index in [1.807, 2.05) is 5.09 Å². The second-order valence-electron chi connectivity index (χ2n) is 7.31. The first-order valence-electron chi connectivity index (χ1n) is 10.00. The fourth-order valence-electron chi connectivity index (χ4n) is 2.42. The predicted molar refractivity (Wildman–Crippen MR) is 111 cm³/mol. The van der Waals surface area contributed by atoms with E-state index < -0.39 is 72.8 Å². The zero-order valence-electron chi connectivity index (χ0n) is 18.8. The SMILES string of the molecule is CC(C)OC(=O)[C@H](C)OC(=O)[C@H](C)NP(=O)(Oc1ccccc1)Oc1c(F)c(F)c(F)c(F)c1F. The number of hydrogen-bond donors (Lipinski definition) is 1. The van der Waals surface area contributed by atoms with Crippen molar-refractivity contribution in [1.29, 1.82) is 0 Å². The van der Waals surface area contributed by atoms with Crippen LogP contribution in [0.3, 0.4) is 0 Å². The van der Waals surface area contributed by atoms with Gasteiger partial charge in [-0.2, -0.15) is 13.9 Å². The molecule has 0 aliphatic rings. The molecule has 2 aromatic rings. The van der Waals surface area contributed by atoms with E-state index in [-0.39, 0.29) is 5.75 Å². The van der Waals surface area contributed by atoms with Crippen LogP contribution in [-0.4, -0.2) is 30.2 Å². The Kier molecular flexibility index (Phi) is 9.22. The molecule has 0 saturated carbocycles. The third kappa shape index (κ3) is 7.15. The molecule has 3 atom stereocenters. The number of esters is 2. The number of rotatable bonds is 10. The van der Waals surface area contributed by atoms with Crippen molar-refractivity contribution in [2.45, 2.75) is 45.9 Å². The van der Waals surface area contributed by atoms with E-state index in [0.29, 0.717) is 0 Å². The minimum Gasteiger partial charge on any atom is -0.460 e. The summed E-state index contributed by atoms with van der Waals surface area (Å²) in [5.74, 6) is -16.2. The third-order valence-corrected chi connectivity index (χ3v) is 5.61. The standard InChI is InChI=1S/C21H21F5NO7P/c1-10(2)31-21(29)12(4)32-20(28)11(3)27-35(30,33-13-8-6-5-7-9-13)34-19-17(25)15(23)14(22)16(24)18(19)26/h5-12H,1-4H3,(H,27,30)/t11-,12-,35?/m0/s1. The topological polar surface area (TPSA) is 100 Å². The second-order valence-corrected chi connectivity index (χ2v) is 8.93. The molecule has 2 aromatic carbocycles. The van der Waals surface area contributed by atoms with Crippen LogP contribution in [0.1, 0.15) is 27.7 Å². The number of halogens is 5. The van der Waals surface area contributed by atoms with Gasteiger partial charge in [0, 0.05) is 0 Å². The van der Waals surface area contributed by atoms with E-state index in [4.69, 9.17) is 14.0 Å². The molecule has 14 heteroatoms. The van der Waals surface area contributed by atoms with Gasteiger partial charge in [0.1, 0.15) is 11.8 Å². The lowest BCUT2D eigenvalue weighted by atomic mass is 10.3. The Labute approximate surface area is 196 Å². The van der Waals surface area contributed by atoms with Crippen LogP contribution in [0.25, 0.3) is 0 Å². The van der Waals surface area contributed by atoms with Crippen LogP contribution in [0.2, 0.25) is 0 Å². The molecule has 0 bridgehead atoms. The number of carbonyl (C=O) groups excluding carboxylic acids is 2. The van der Waals surface area contributed by atoms with Crippen LogP contribution in [0, 0.1) is 29.1 Å². The Balaban J connectivity index is 2.34. The van der Waals surface area contributed by atoms with Crippen LogP contribution in [0.15, 0.2) is 30.3 Å². The van der Waals surface area contributed by atoms with Gasteiger partial charge in [0.15, 0.2) is 6.10 Å². The monoisotopic (exact) mass is 525 g/mol. The first-order valence-corrected chi connectivity index (χ1v) is 11.5. The molecule has 0 aliphatic heterocycles. The zero-order chi connectivity index (χ0) is 26.5. The van der Waals surface area contributed by atoms with E-state index in [1.165, 1.54) is 37.3 Å². The Morgan fingerprint density at radius 3 is 1.80 bits per heavy atom. The lowest BCUT2D eigenvalue weighted by Crippen LogP contribution is -2.39. The fraction of sp³-hybridized carbons (Fsp3) is 0.333. The molecule has 8 nitrogen and oxygen atoms in total. The van der Waals surface area contributed by atoms with Crippen molar-refractivity contribution in [2.75, 3.05) is 0 Å². The number of hydrogen-bond acceptors (Lipinski definition) is 7. The number of nitrogens with one attached hydrogen (secondary N) is 1. The highest BCUT2D eigenvalue weighted by Crippen LogP contribution is 2.47. The molecule has 1 unspecified atom stereocenters. The van der Waals surface area contributed by atoms with Crippen molar-refractivity contribution >= 4 is 19.7 Å². The smallest absolute Gasteiger partial charge is 0.460 e. The lowest BCUT2D eigenvalue weighted by molar-refractivity contribution is -0.169. The summed E-state index contributed by atoms with van der Waals surface area (Å²) in [5, 5.41) is 2.00. The van der Waals surface area contributed by atoms with Crippen molar-refractivity contribution in [2.24, 2.45) is 0 Å². The summed E-state index contributed by atoms with van der Waals surface area (Å²) >= 11 is 0. The Bertz CT molecular complexity index is 1100. The average molecular weight is 525 g/mol. The number of benzene rings is 2. The zero-order valence-corrected chi connectivity index (χ0v) is 19.7. The molecular weight excluding hydrogens is 504 g/mol. The predicted octanol–water partition coefficient (Wildman–Crippen LogP) is 4.81. The average Bonchev–Trinajstić information content (AvgIpc) is 2.79. The Morgan fingerprint density at radius 1 is 0.771 bits per heavy atom. The van der Waals surface area contributed by atoms with Gasteiger partial charge in [-0.05, 0) is 39.8 Å². The lowest BCUT2D eigenvalue weighted by Gasteiger charge is -2.24. The summed E-state index contributed by atoms with van der Waals surface area (Å²) in [6.07, 6.45) is -1.90. The maximum Gasteiger partial charge on any atom is 0.513 e. The highest BCUT2D eigenvalue weighted by molar-refractivity contribution is 7.52. The largest absolute Gasteiger partial charge is 0.513 e. The molecule has 0 aliphatic carbocycles. The van der Waals surface area contributed by atoms with Crippen molar-refractivity contribution in [3.05, 3.63) is 59.4 Å². The molecule has 2 rings (SSSR count). The normalized spacial score (nSPS) is 14.6. The molecule has 0 radical (unpaired) electrons. The van der Waals surface area contributed by atoms with Crippen LogP contribution < -0.4 is 14.1 Å². The second kappa shape index (κ2) is 11.5. The molecular formula is C21H21F5NO7P. The molecule has 0 aromatic heterocycles. The Morgan fingerprint density at radius 2 is 1.29 bits per heavy atom. The van der Waals surface area contributed by atoms with E-state index in [2.05, 4.69) is 4.52 Å². The van der Waals surface area contributed by atoms with Gasteiger partial charge >= 0.3 is 19.7 Å². The molecule has 192 valence electrons. The van der Waals surface area contributed by atoms with Crippen molar-refractivity contribution in [1.82, 2.24) is 5.09 Å². The van der Waals surface area contributed by atoms with Gasteiger partial charge < -0.3 is 18.5 Å². The molecule has 0 fully saturated rings. The molecule has 0 amide bonds. The van der Waals surface area contributed by atoms with Gasteiger partial charge in [0.25, 0.3) is 0 Å². The maximum atomic E-state index is 14.1. The van der Waals surface area contributed by atoms with Gasteiger partial charge in [0.2, 0.25) is 34.8 Å².